The highest BCUT2D eigenvalue weighted by Crippen LogP contribution is 2.23. The molecule has 24 heavy (non-hydrogen) atoms. The van der Waals surface area contributed by atoms with Crippen molar-refractivity contribution < 1.29 is 19.0 Å². The third-order valence-electron chi connectivity index (χ3n) is 3.55. The van der Waals surface area contributed by atoms with Gasteiger partial charge in [0.25, 0.3) is 5.91 Å². The van der Waals surface area contributed by atoms with Gasteiger partial charge in [-0.3, -0.25) is 4.79 Å². The van der Waals surface area contributed by atoms with Gasteiger partial charge in [-0.15, -0.1) is 0 Å². The molecule has 6 heteroatoms. The number of benzene rings is 2. The molecule has 1 amide bonds. The Morgan fingerprint density at radius 2 is 1.58 bits per heavy atom. The Kier molecular flexibility index (Phi) is 6.32. The fraction of sp³-hybridized carbons (Fsp3) is 0.278. The average Bonchev–Trinajstić information content (AvgIpc) is 2.62. The minimum Gasteiger partial charge on any atom is -0.497 e. The van der Waals surface area contributed by atoms with Crippen LogP contribution in [-0.4, -0.2) is 33.8 Å². The van der Waals surface area contributed by atoms with E-state index in [-0.39, 0.29) is 5.91 Å². The van der Waals surface area contributed by atoms with Crippen molar-refractivity contribution in [2.75, 3.05) is 27.9 Å². The molecular weight excluding hydrogens is 330 g/mol. The molecule has 0 saturated heterocycles. The van der Waals surface area contributed by atoms with E-state index in [1.807, 2.05) is 12.1 Å². The molecule has 1 N–H and O–H groups in total. The number of amides is 1. The summed E-state index contributed by atoms with van der Waals surface area (Å²) in [5, 5.41) is 3.48. The van der Waals surface area contributed by atoms with Crippen molar-refractivity contribution in [2.45, 2.75) is 6.42 Å². The SMILES string of the molecule is COc1cc(OC)cc(C(=O)NCCc2ccc(OC)cc2Cl)c1. The van der Waals surface area contributed by atoms with E-state index in [1.54, 1.807) is 45.6 Å². The van der Waals surface area contributed by atoms with Crippen LogP contribution in [0.1, 0.15) is 15.9 Å². The normalized spacial score (nSPS) is 10.2. The second-order valence-electron chi connectivity index (χ2n) is 5.06. The van der Waals surface area contributed by atoms with Crippen molar-refractivity contribution in [2.24, 2.45) is 0 Å². The highest BCUT2D eigenvalue weighted by atomic mass is 35.5. The van der Waals surface area contributed by atoms with E-state index < -0.39 is 0 Å². The van der Waals surface area contributed by atoms with Crippen LogP contribution in [0, 0.1) is 0 Å². The summed E-state index contributed by atoms with van der Waals surface area (Å²) < 4.78 is 15.5. The van der Waals surface area contributed by atoms with E-state index in [2.05, 4.69) is 5.32 Å². The molecule has 0 aliphatic carbocycles. The standard InChI is InChI=1S/C18H20ClNO4/c1-22-14-5-4-12(17(19)11-14)6-7-20-18(21)13-8-15(23-2)10-16(9-13)24-3/h4-5,8-11H,6-7H2,1-3H3,(H,20,21). The van der Waals surface area contributed by atoms with Crippen LogP contribution >= 0.6 is 11.6 Å². The molecule has 0 heterocycles. The van der Waals surface area contributed by atoms with Crippen molar-refractivity contribution in [3.8, 4) is 17.2 Å². The van der Waals surface area contributed by atoms with E-state index in [0.29, 0.717) is 40.8 Å². The molecule has 0 bridgehead atoms. The van der Waals surface area contributed by atoms with E-state index in [9.17, 15) is 4.79 Å². The zero-order valence-electron chi connectivity index (χ0n) is 13.9. The van der Waals surface area contributed by atoms with Crippen LogP contribution in [0.2, 0.25) is 5.02 Å². The minimum atomic E-state index is -0.197. The van der Waals surface area contributed by atoms with E-state index >= 15 is 0 Å². The van der Waals surface area contributed by atoms with Gasteiger partial charge >= 0.3 is 0 Å². The molecule has 0 fully saturated rings. The first-order valence-electron chi connectivity index (χ1n) is 7.41. The largest absolute Gasteiger partial charge is 0.497 e. The number of hydrogen-bond donors (Lipinski definition) is 1. The van der Waals surface area contributed by atoms with Gasteiger partial charge in [0, 0.05) is 23.2 Å². The molecule has 2 aromatic rings. The smallest absolute Gasteiger partial charge is 0.251 e. The highest BCUT2D eigenvalue weighted by molar-refractivity contribution is 6.31. The molecule has 0 atom stereocenters. The number of rotatable bonds is 7. The maximum atomic E-state index is 12.3. The molecule has 128 valence electrons. The molecule has 2 rings (SSSR count). The van der Waals surface area contributed by atoms with Gasteiger partial charge in [0.15, 0.2) is 0 Å². The van der Waals surface area contributed by atoms with Crippen molar-refractivity contribution in [1.82, 2.24) is 5.32 Å². The average molecular weight is 350 g/mol. The lowest BCUT2D eigenvalue weighted by Crippen LogP contribution is -2.25. The van der Waals surface area contributed by atoms with Crippen LogP contribution in [0.15, 0.2) is 36.4 Å². The Bertz CT molecular complexity index is 696. The predicted octanol–water partition coefficient (Wildman–Crippen LogP) is 3.34. The molecule has 0 unspecified atom stereocenters. The number of carbonyl (C=O) groups is 1. The van der Waals surface area contributed by atoms with Crippen LogP contribution in [0.4, 0.5) is 0 Å². The lowest BCUT2D eigenvalue weighted by molar-refractivity contribution is 0.0953. The van der Waals surface area contributed by atoms with Gasteiger partial charge in [0.05, 0.1) is 21.3 Å². The van der Waals surface area contributed by atoms with Crippen LogP contribution in [0.3, 0.4) is 0 Å². The highest BCUT2D eigenvalue weighted by Gasteiger charge is 2.10. The lowest BCUT2D eigenvalue weighted by Gasteiger charge is -2.10. The fourth-order valence-corrected chi connectivity index (χ4v) is 2.47. The van der Waals surface area contributed by atoms with Crippen molar-refractivity contribution >= 4 is 17.5 Å². The van der Waals surface area contributed by atoms with E-state index in [4.69, 9.17) is 25.8 Å². The zero-order chi connectivity index (χ0) is 17.5. The second kappa shape index (κ2) is 8.45. The third kappa shape index (κ3) is 4.55. The topological polar surface area (TPSA) is 56.8 Å². The van der Waals surface area contributed by atoms with Gasteiger partial charge in [-0.1, -0.05) is 17.7 Å². The van der Waals surface area contributed by atoms with Gasteiger partial charge in [-0.2, -0.15) is 0 Å². The number of halogens is 1. The van der Waals surface area contributed by atoms with Crippen LogP contribution in [0.25, 0.3) is 0 Å². The maximum Gasteiger partial charge on any atom is 0.251 e. The van der Waals surface area contributed by atoms with E-state index in [0.717, 1.165) is 5.56 Å². The van der Waals surface area contributed by atoms with Crippen LogP contribution < -0.4 is 19.5 Å². The first kappa shape index (κ1) is 17.9. The summed E-state index contributed by atoms with van der Waals surface area (Å²) in [7, 11) is 4.68. The Morgan fingerprint density at radius 1 is 0.958 bits per heavy atom. The molecule has 5 nitrogen and oxygen atoms in total. The molecule has 0 radical (unpaired) electrons. The van der Waals surface area contributed by atoms with Gasteiger partial charge < -0.3 is 19.5 Å². The maximum absolute atomic E-state index is 12.3. The van der Waals surface area contributed by atoms with Crippen molar-refractivity contribution in [3.05, 3.63) is 52.5 Å². The third-order valence-corrected chi connectivity index (χ3v) is 3.91. The summed E-state index contributed by atoms with van der Waals surface area (Å²) in [6.07, 6.45) is 0.621. The summed E-state index contributed by atoms with van der Waals surface area (Å²) in [4.78, 5) is 12.3. The first-order chi connectivity index (χ1) is 11.6. The van der Waals surface area contributed by atoms with Crippen molar-refractivity contribution in [3.63, 3.8) is 0 Å². The van der Waals surface area contributed by atoms with Crippen molar-refractivity contribution in [1.29, 1.82) is 0 Å². The number of methoxy groups -OCH3 is 3. The number of hydrogen-bond acceptors (Lipinski definition) is 4. The summed E-state index contributed by atoms with van der Waals surface area (Å²) in [5.74, 6) is 1.64. The monoisotopic (exact) mass is 349 g/mol. The van der Waals surface area contributed by atoms with E-state index in [1.165, 1.54) is 0 Å². The molecule has 0 aromatic heterocycles. The summed E-state index contributed by atoms with van der Waals surface area (Å²) >= 11 is 6.19. The van der Waals surface area contributed by atoms with Gasteiger partial charge in [-0.05, 0) is 36.2 Å². The van der Waals surface area contributed by atoms with Gasteiger partial charge in [-0.25, -0.2) is 0 Å². The predicted molar refractivity (Wildman–Crippen MR) is 93.6 cm³/mol. The second-order valence-corrected chi connectivity index (χ2v) is 5.47. The molecule has 0 aliphatic rings. The minimum absolute atomic E-state index is 0.197. The number of nitrogens with one attached hydrogen (secondary N) is 1. The molecule has 0 saturated carbocycles. The zero-order valence-corrected chi connectivity index (χ0v) is 14.6. The number of ether oxygens (including phenoxy) is 3. The molecular formula is C18H20ClNO4. The lowest BCUT2D eigenvalue weighted by atomic mass is 10.1. The Balaban J connectivity index is 1.98. The fourth-order valence-electron chi connectivity index (χ4n) is 2.21. The van der Waals surface area contributed by atoms with Gasteiger partial charge in [0.2, 0.25) is 0 Å². The molecule has 0 aliphatic heterocycles. The summed E-state index contributed by atoms with van der Waals surface area (Å²) in [6, 6.07) is 10.5. The summed E-state index contributed by atoms with van der Waals surface area (Å²) in [6.45, 7) is 0.463. The first-order valence-corrected chi connectivity index (χ1v) is 7.79. The molecule has 2 aromatic carbocycles. The summed E-state index contributed by atoms with van der Waals surface area (Å²) in [5.41, 5.74) is 1.42. The number of carbonyl (C=O) groups excluding carboxylic acids is 1. The van der Waals surface area contributed by atoms with Crippen LogP contribution in [0.5, 0.6) is 17.2 Å². The quantitative estimate of drug-likeness (QED) is 0.833. The Hall–Kier alpha value is -2.40. The molecule has 0 spiro atoms. The van der Waals surface area contributed by atoms with Crippen LogP contribution in [-0.2, 0) is 6.42 Å². The Morgan fingerprint density at radius 3 is 2.12 bits per heavy atom. The Labute approximate surface area is 146 Å². The van der Waals surface area contributed by atoms with Gasteiger partial charge in [0.1, 0.15) is 17.2 Å².